The van der Waals surface area contributed by atoms with Gasteiger partial charge >= 0.3 is 0 Å². The molecule has 6 nitrogen and oxygen atoms in total. The zero-order chi connectivity index (χ0) is 13.8. The third-order valence-corrected chi connectivity index (χ3v) is 2.76. The van der Waals surface area contributed by atoms with E-state index in [4.69, 9.17) is 24.4 Å². The smallest absolute Gasteiger partial charge is 0.221 e. The molecule has 0 unspecified atom stereocenters. The van der Waals surface area contributed by atoms with Gasteiger partial charge in [-0.2, -0.15) is 9.78 Å². The minimum Gasteiger partial charge on any atom is -0.326 e. The predicted molar refractivity (Wildman–Crippen MR) is 78.5 cm³/mol. The fraction of sp³-hybridized carbons (Fsp3) is 0.0909. The summed E-state index contributed by atoms with van der Waals surface area (Å²) in [4.78, 5) is 10.9. The molecule has 0 aliphatic rings. The highest BCUT2D eigenvalue weighted by Crippen LogP contribution is 2.08. The van der Waals surface area contributed by atoms with E-state index in [0.717, 1.165) is 11.3 Å². The molecule has 1 heterocycles. The summed E-state index contributed by atoms with van der Waals surface area (Å²) < 4.78 is 2.21. The SMILES string of the molecule is CC(=O)Nc1ccc(/C=N\n2c(=S)[nH][nH]c2=S)cc1. The molecule has 8 heteroatoms. The molecule has 1 amide bonds. The number of amides is 1. The van der Waals surface area contributed by atoms with Crippen LogP contribution in [0.1, 0.15) is 12.5 Å². The van der Waals surface area contributed by atoms with Gasteiger partial charge in [0.15, 0.2) is 0 Å². The van der Waals surface area contributed by atoms with Crippen LogP contribution >= 0.6 is 24.4 Å². The number of carbonyl (C=O) groups is 1. The van der Waals surface area contributed by atoms with Crippen LogP contribution in [0.3, 0.4) is 0 Å². The molecule has 0 aliphatic heterocycles. The third kappa shape index (κ3) is 3.46. The lowest BCUT2D eigenvalue weighted by Crippen LogP contribution is -2.05. The Hall–Kier alpha value is -2.06. The van der Waals surface area contributed by atoms with Gasteiger partial charge < -0.3 is 5.32 Å². The molecule has 2 rings (SSSR count). The summed E-state index contributed by atoms with van der Waals surface area (Å²) in [6.45, 7) is 1.46. The number of hydrogen-bond donors (Lipinski definition) is 3. The Kier molecular flexibility index (Phi) is 4.03. The van der Waals surface area contributed by atoms with Crippen molar-refractivity contribution < 1.29 is 4.79 Å². The molecule has 0 bridgehead atoms. The van der Waals surface area contributed by atoms with E-state index in [-0.39, 0.29) is 5.91 Å². The lowest BCUT2D eigenvalue weighted by atomic mass is 10.2. The van der Waals surface area contributed by atoms with Crippen LogP contribution in [0.2, 0.25) is 0 Å². The molecule has 1 aromatic carbocycles. The number of hydrogen-bond acceptors (Lipinski definition) is 4. The third-order valence-electron chi connectivity index (χ3n) is 2.21. The quantitative estimate of drug-likeness (QED) is 0.601. The summed E-state index contributed by atoms with van der Waals surface area (Å²) in [7, 11) is 0. The van der Waals surface area contributed by atoms with Crippen LogP contribution in [0.15, 0.2) is 29.4 Å². The standard InChI is InChI=1S/C11H11N5OS2/c1-7(17)13-9-4-2-8(3-5-9)6-12-16-10(18)14-15-11(16)19/h2-6H,1H3,(H,13,17)(H,14,18)(H,15,19)/b12-6-. The molecule has 0 saturated heterocycles. The van der Waals surface area contributed by atoms with E-state index >= 15 is 0 Å². The highest BCUT2D eigenvalue weighted by atomic mass is 32.1. The predicted octanol–water partition coefficient (Wildman–Crippen LogP) is 2.44. The van der Waals surface area contributed by atoms with Gasteiger partial charge in [0.1, 0.15) is 0 Å². The normalized spacial score (nSPS) is 10.8. The van der Waals surface area contributed by atoms with Gasteiger partial charge in [-0.25, -0.2) is 0 Å². The van der Waals surface area contributed by atoms with Crippen molar-refractivity contribution in [3.63, 3.8) is 0 Å². The molecule has 0 spiro atoms. The van der Waals surface area contributed by atoms with E-state index in [2.05, 4.69) is 20.6 Å². The van der Waals surface area contributed by atoms with E-state index in [1.807, 2.05) is 12.1 Å². The second-order valence-electron chi connectivity index (χ2n) is 3.72. The minimum atomic E-state index is -0.105. The molecule has 3 N–H and O–H groups in total. The topological polar surface area (TPSA) is 78.0 Å². The number of nitrogens with zero attached hydrogens (tertiary/aromatic N) is 2. The molecule has 2 aromatic rings. The van der Waals surface area contributed by atoms with Crippen molar-refractivity contribution in [2.24, 2.45) is 5.10 Å². The number of benzene rings is 1. The van der Waals surface area contributed by atoms with E-state index in [9.17, 15) is 4.79 Å². The van der Waals surface area contributed by atoms with Gasteiger partial charge in [-0.3, -0.25) is 15.0 Å². The maximum Gasteiger partial charge on any atom is 0.221 e. The number of carbonyl (C=O) groups excluding carboxylic acids is 1. The Morgan fingerprint density at radius 1 is 1.26 bits per heavy atom. The molecule has 0 radical (unpaired) electrons. The van der Waals surface area contributed by atoms with E-state index in [1.165, 1.54) is 11.6 Å². The Bertz CT molecular complexity index is 695. The largest absolute Gasteiger partial charge is 0.326 e. The van der Waals surface area contributed by atoms with Gasteiger partial charge in [0.2, 0.25) is 15.4 Å². The Morgan fingerprint density at radius 2 is 1.84 bits per heavy atom. The van der Waals surface area contributed by atoms with Crippen LogP contribution in [-0.2, 0) is 4.79 Å². The monoisotopic (exact) mass is 293 g/mol. The molecular formula is C11H11N5OS2. The Morgan fingerprint density at radius 3 is 2.37 bits per heavy atom. The second-order valence-corrected chi connectivity index (χ2v) is 4.49. The summed E-state index contributed by atoms with van der Waals surface area (Å²) >= 11 is 10.0. The molecular weight excluding hydrogens is 282 g/mol. The zero-order valence-electron chi connectivity index (χ0n) is 10.0. The van der Waals surface area contributed by atoms with Gasteiger partial charge in [0.05, 0.1) is 6.21 Å². The first-order chi connectivity index (χ1) is 9.06. The van der Waals surface area contributed by atoms with Crippen LogP contribution in [0.25, 0.3) is 0 Å². The van der Waals surface area contributed by atoms with Crippen molar-refractivity contribution in [1.82, 2.24) is 14.9 Å². The summed E-state index contributed by atoms with van der Waals surface area (Å²) in [5.74, 6) is -0.105. The lowest BCUT2D eigenvalue weighted by Gasteiger charge is -2.01. The van der Waals surface area contributed by atoms with Crippen LogP contribution in [0, 0.1) is 9.54 Å². The number of aromatic amines is 2. The first-order valence-corrected chi connectivity index (χ1v) is 6.19. The lowest BCUT2D eigenvalue weighted by molar-refractivity contribution is -0.114. The van der Waals surface area contributed by atoms with Gasteiger partial charge in [-0.1, -0.05) is 12.1 Å². The minimum absolute atomic E-state index is 0.105. The van der Waals surface area contributed by atoms with Crippen molar-refractivity contribution in [1.29, 1.82) is 0 Å². The molecule has 0 fully saturated rings. The summed E-state index contributed by atoms with van der Waals surface area (Å²) in [6, 6.07) is 7.25. The van der Waals surface area contributed by atoms with E-state index in [0.29, 0.717) is 9.54 Å². The summed E-state index contributed by atoms with van der Waals surface area (Å²) in [5.41, 5.74) is 1.60. The van der Waals surface area contributed by atoms with Gasteiger partial charge in [0.25, 0.3) is 0 Å². The number of aromatic nitrogens is 3. The number of nitrogens with one attached hydrogen (secondary N) is 3. The average molecular weight is 293 g/mol. The van der Waals surface area contributed by atoms with Gasteiger partial charge in [0, 0.05) is 12.6 Å². The van der Waals surface area contributed by atoms with Crippen LogP contribution in [-0.4, -0.2) is 27.0 Å². The van der Waals surface area contributed by atoms with Gasteiger partial charge in [-0.05, 0) is 42.1 Å². The number of rotatable bonds is 3. The first-order valence-electron chi connectivity index (χ1n) is 5.38. The van der Waals surface area contributed by atoms with E-state index < -0.39 is 0 Å². The van der Waals surface area contributed by atoms with Crippen LogP contribution < -0.4 is 5.32 Å². The van der Waals surface area contributed by atoms with Gasteiger partial charge in [-0.15, -0.1) is 0 Å². The molecule has 98 valence electrons. The average Bonchev–Trinajstić information content (AvgIpc) is 2.68. The molecule has 0 saturated carbocycles. The maximum atomic E-state index is 10.9. The second kappa shape index (κ2) is 5.72. The van der Waals surface area contributed by atoms with Crippen LogP contribution in [0.4, 0.5) is 5.69 Å². The summed E-state index contributed by atoms with van der Waals surface area (Å²) in [6.07, 6.45) is 1.63. The van der Waals surface area contributed by atoms with Crippen molar-refractivity contribution in [3.05, 3.63) is 39.4 Å². The molecule has 19 heavy (non-hydrogen) atoms. The van der Waals surface area contributed by atoms with Crippen LogP contribution in [0.5, 0.6) is 0 Å². The van der Waals surface area contributed by atoms with E-state index in [1.54, 1.807) is 18.3 Å². The Balaban J connectivity index is 2.18. The maximum absolute atomic E-state index is 10.9. The zero-order valence-corrected chi connectivity index (χ0v) is 11.6. The summed E-state index contributed by atoms with van der Waals surface area (Å²) in [5, 5.41) is 12.2. The molecule has 0 atom stereocenters. The van der Waals surface area contributed by atoms with Crippen molar-refractivity contribution in [2.45, 2.75) is 6.92 Å². The van der Waals surface area contributed by atoms with Crippen molar-refractivity contribution in [2.75, 3.05) is 5.32 Å². The Labute approximate surface area is 119 Å². The van der Waals surface area contributed by atoms with Crippen molar-refractivity contribution >= 4 is 42.2 Å². The fourth-order valence-corrected chi connectivity index (χ4v) is 1.83. The fourth-order valence-electron chi connectivity index (χ4n) is 1.39. The first kappa shape index (κ1) is 13.4. The highest BCUT2D eigenvalue weighted by molar-refractivity contribution is 7.72. The number of H-pyrrole nitrogens is 2. The number of anilines is 1. The molecule has 0 aliphatic carbocycles. The molecule has 1 aromatic heterocycles. The van der Waals surface area contributed by atoms with Crippen molar-refractivity contribution in [3.8, 4) is 0 Å². The highest BCUT2D eigenvalue weighted by Gasteiger charge is 1.96.